The van der Waals surface area contributed by atoms with Gasteiger partial charge >= 0.3 is 0 Å². The zero-order chi connectivity index (χ0) is 20.1. The van der Waals surface area contributed by atoms with Gasteiger partial charge in [-0.1, -0.05) is 0 Å². The molecule has 0 amide bonds. The zero-order valence-electron chi connectivity index (χ0n) is 16.8. The Morgan fingerprint density at radius 1 is 1.03 bits per heavy atom. The third kappa shape index (κ3) is 3.15. The molecule has 1 aromatic carbocycles. The second-order valence-corrected chi connectivity index (χ2v) is 7.73. The van der Waals surface area contributed by atoms with Crippen molar-refractivity contribution in [3.63, 3.8) is 0 Å². The highest BCUT2D eigenvalue weighted by Gasteiger charge is 2.16. The quantitative estimate of drug-likeness (QED) is 0.565. The van der Waals surface area contributed by atoms with Gasteiger partial charge in [0.15, 0.2) is 5.82 Å². The molecule has 0 radical (unpaired) electrons. The second-order valence-electron chi connectivity index (χ2n) is 7.73. The standard InChI is InChI=1S/C21H23N7O/c1-13-12-28-19(14(2)22-13)11-18(25-28)20-23-17-5-4-15(10-16(17)21(29)24-20)27-8-6-26(3)7-9-27/h4-5,10-12H,6-9H2,1-3H3,(H,23,24,29). The Kier molecular flexibility index (Phi) is 4.09. The van der Waals surface area contributed by atoms with Crippen LogP contribution in [0.4, 0.5) is 5.69 Å². The Morgan fingerprint density at radius 2 is 1.83 bits per heavy atom. The largest absolute Gasteiger partial charge is 0.369 e. The number of aromatic nitrogens is 5. The highest BCUT2D eigenvalue weighted by molar-refractivity contribution is 5.83. The van der Waals surface area contributed by atoms with Gasteiger partial charge in [0.25, 0.3) is 5.56 Å². The Labute approximate surface area is 167 Å². The summed E-state index contributed by atoms with van der Waals surface area (Å²) in [7, 11) is 2.13. The number of hydrogen-bond donors (Lipinski definition) is 1. The fourth-order valence-electron chi connectivity index (χ4n) is 3.92. The number of aromatic amines is 1. The molecule has 0 unspecified atom stereocenters. The zero-order valence-corrected chi connectivity index (χ0v) is 16.8. The number of aryl methyl sites for hydroxylation is 2. The predicted molar refractivity (Wildman–Crippen MR) is 114 cm³/mol. The molecule has 1 fully saturated rings. The molecule has 5 rings (SSSR count). The molecule has 4 aromatic rings. The topological polar surface area (TPSA) is 82.4 Å². The van der Waals surface area contributed by atoms with Crippen molar-refractivity contribution in [2.75, 3.05) is 38.1 Å². The molecule has 0 bridgehead atoms. The van der Waals surface area contributed by atoms with E-state index in [4.69, 9.17) is 0 Å². The molecular weight excluding hydrogens is 366 g/mol. The van der Waals surface area contributed by atoms with Gasteiger partial charge in [0.05, 0.1) is 34.0 Å². The molecule has 8 heteroatoms. The summed E-state index contributed by atoms with van der Waals surface area (Å²) in [6.07, 6.45) is 1.87. The first-order valence-electron chi connectivity index (χ1n) is 9.79. The second kappa shape index (κ2) is 6.66. The number of nitrogens with zero attached hydrogens (tertiary/aromatic N) is 6. The van der Waals surface area contributed by atoms with E-state index < -0.39 is 0 Å². The van der Waals surface area contributed by atoms with Crippen molar-refractivity contribution in [3.05, 3.63) is 52.2 Å². The van der Waals surface area contributed by atoms with Crippen LogP contribution in [-0.2, 0) is 0 Å². The Morgan fingerprint density at radius 3 is 2.62 bits per heavy atom. The molecule has 0 aliphatic carbocycles. The van der Waals surface area contributed by atoms with E-state index in [1.165, 1.54) is 0 Å². The van der Waals surface area contributed by atoms with Crippen LogP contribution < -0.4 is 10.5 Å². The summed E-state index contributed by atoms with van der Waals surface area (Å²) in [4.78, 5) is 29.5. The van der Waals surface area contributed by atoms with Crippen LogP contribution >= 0.6 is 0 Å². The van der Waals surface area contributed by atoms with Crippen molar-refractivity contribution in [2.24, 2.45) is 0 Å². The van der Waals surface area contributed by atoms with E-state index in [1.54, 1.807) is 4.52 Å². The predicted octanol–water partition coefficient (Wildman–Crippen LogP) is 2.00. The maximum absolute atomic E-state index is 12.8. The number of benzene rings is 1. The van der Waals surface area contributed by atoms with Crippen molar-refractivity contribution < 1.29 is 0 Å². The van der Waals surface area contributed by atoms with Crippen molar-refractivity contribution in [2.45, 2.75) is 13.8 Å². The Balaban J connectivity index is 1.56. The molecule has 4 heterocycles. The normalized spacial score (nSPS) is 15.5. The number of likely N-dealkylation sites (N-methyl/N-ethyl adjacent to an activating group) is 1. The van der Waals surface area contributed by atoms with Gasteiger partial charge in [-0.05, 0) is 45.2 Å². The van der Waals surface area contributed by atoms with Crippen LogP contribution in [0.25, 0.3) is 27.9 Å². The van der Waals surface area contributed by atoms with E-state index in [-0.39, 0.29) is 5.56 Å². The van der Waals surface area contributed by atoms with Crippen LogP contribution in [0.5, 0.6) is 0 Å². The summed E-state index contributed by atoms with van der Waals surface area (Å²) in [6, 6.07) is 7.82. The number of rotatable bonds is 2. The number of anilines is 1. The van der Waals surface area contributed by atoms with Gasteiger partial charge in [-0.25, -0.2) is 9.50 Å². The third-order valence-corrected chi connectivity index (χ3v) is 5.56. The molecule has 29 heavy (non-hydrogen) atoms. The maximum Gasteiger partial charge on any atom is 0.259 e. The minimum atomic E-state index is -0.149. The van der Waals surface area contributed by atoms with Crippen LogP contribution in [0.1, 0.15) is 11.4 Å². The van der Waals surface area contributed by atoms with Crippen LogP contribution in [0, 0.1) is 13.8 Å². The number of hydrogen-bond acceptors (Lipinski definition) is 6. The highest BCUT2D eigenvalue weighted by atomic mass is 16.1. The minimum absolute atomic E-state index is 0.149. The smallest absolute Gasteiger partial charge is 0.259 e. The fourth-order valence-corrected chi connectivity index (χ4v) is 3.92. The van der Waals surface area contributed by atoms with Gasteiger partial charge in [-0.2, -0.15) is 5.10 Å². The van der Waals surface area contributed by atoms with Crippen LogP contribution in [0.3, 0.4) is 0 Å². The van der Waals surface area contributed by atoms with Gasteiger partial charge in [0, 0.05) is 31.9 Å². The van der Waals surface area contributed by atoms with E-state index in [9.17, 15) is 4.79 Å². The van der Waals surface area contributed by atoms with Crippen LogP contribution in [-0.4, -0.2) is 62.7 Å². The van der Waals surface area contributed by atoms with Crippen LogP contribution in [0.2, 0.25) is 0 Å². The maximum atomic E-state index is 12.8. The fraction of sp³-hybridized carbons (Fsp3) is 0.333. The highest BCUT2D eigenvalue weighted by Crippen LogP contribution is 2.23. The molecule has 0 spiro atoms. The number of nitrogens with one attached hydrogen (secondary N) is 1. The summed E-state index contributed by atoms with van der Waals surface area (Å²) in [5.41, 5.74) is 4.90. The third-order valence-electron chi connectivity index (χ3n) is 5.56. The number of fused-ring (bicyclic) bond motifs is 2. The molecule has 1 aliphatic heterocycles. The first kappa shape index (κ1) is 17.8. The molecule has 1 aliphatic rings. The van der Waals surface area contributed by atoms with Crippen molar-refractivity contribution in [3.8, 4) is 11.5 Å². The van der Waals surface area contributed by atoms with E-state index >= 15 is 0 Å². The molecule has 1 N–H and O–H groups in total. The van der Waals surface area contributed by atoms with E-state index in [2.05, 4.69) is 36.9 Å². The SMILES string of the molecule is Cc1cn2nc(-c3nc4ccc(N5CCN(C)CC5)cc4c(=O)[nH]3)cc2c(C)n1. The summed E-state index contributed by atoms with van der Waals surface area (Å²) in [6.45, 7) is 7.84. The lowest BCUT2D eigenvalue weighted by Crippen LogP contribution is -2.44. The van der Waals surface area contributed by atoms with Gasteiger partial charge in [-0.3, -0.25) is 9.78 Å². The minimum Gasteiger partial charge on any atom is -0.369 e. The lowest BCUT2D eigenvalue weighted by atomic mass is 10.2. The molecule has 1 saturated heterocycles. The molecule has 0 saturated carbocycles. The monoisotopic (exact) mass is 389 g/mol. The number of piperazine rings is 1. The van der Waals surface area contributed by atoms with Crippen molar-refractivity contribution in [1.29, 1.82) is 0 Å². The van der Waals surface area contributed by atoms with Crippen molar-refractivity contribution in [1.82, 2.24) is 29.5 Å². The molecular formula is C21H23N7O. The Hall–Kier alpha value is -3.26. The van der Waals surface area contributed by atoms with E-state index in [0.717, 1.165) is 48.8 Å². The summed E-state index contributed by atoms with van der Waals surface area (Å²) in [5, 5.41) is 5.18. The lowest BCUT2D eigenvalue weighted by molar-refractivity contribution is 0.313. The van der Waals surface area contributed by atoms with E-state index in [0.29, 0.717) is 22.4 Å². The van der Waals surface area contributed by atoms with Gasteiger partial charge in [0.2, 0.25) is 0 Å². The summed E-state index contributed by atoms with van der Waals surface area (Å²) in [5.74, 6) is 0.468. The average molecular weight is 389 g/mol. The van der Waals surface area contributed by atoms with Crippen LogP contribution in [0.15, 0.2) is 35.3 Å². The molecule has 3 aromatic heterocycles. The van der Waals surface area contributed by atoms with Gasteiger partial charge in [-0.15, -0.1) is 0 Å². The first-order chi connectivity index (χ1) is 14.0. The summed E-state index contributed by atoms with van der Waals surface area (Å²) >= 11 is 0. The molecule has 8 nitrogen and oxygen atoms in total. The average Bonchev–Trinajstić information content (AvgIpc) is 3.13. The molecule has 0 atom stereocenters. The first-order valence-corrected chi connectivity index (χ1v) is 9.79. The van der Waals surface area contributed by atoms with Gasteiger partial charge in [0.1, 0.15) is 5.69 Å². The number of H-pyrrole nitrogens is 1. The van der Waals surface area contributed by atoms with E-state index in [1.807, 2.05) is 44.3 Å². The van der Waals surface area contributed by atoms with Gasteiger partial charge < -0.3 is 14.8 Å². The van der Waals surface area contributed by atoms with Crippen molar-refractivity contribution >= 4 is 22.1 Å². The summed E-state index contributed by atoms with van der Waals surface area (Å²) < 4.78 is 1.79. The molecule has 148 valence electrons. The lowest BCUT2D eigenvalue weighted by Gasteiger charge is -2.34. The Bertz CT molecular complexity index is 1280.